The monoisotopic (exact) mass is 516 g/mol. The fourth-order valence-corrected chi connectivity index (χ4v) is 4.91. The van der Waals surface area contributed by atoms with E-state index in [4.69, 9.17) is 27.9 Å². The summed E-state index contributed by atoms with van der Waals surface area (Å²) in [5.74, 6) is -3.10. The van der Waals surface area contributed by atoms with Crippen LogP contribution in [0, 0.1) is 11.8 Å². The lowest BCUT2D eigenvalue weighted by molar-refractivity contribution is -0.122. The van der Waals surface area contributed by atoms with E-state index in [1.54, 1.807) is 18.2 Å². The van der Waals surface area contributed by atoms with Crippen molar-refractivity contribution in [2.24, 2.45) is 11.8 Å². The third kappa shape index (κ3) is 5.23. The minimum atomic E-state index is -0.744. The first kappa shape index (κ1) is 24.9. The molecule has 8 nitrogen and oxygen atoms in total. The Morgan fingerprint density at radius 2 is 1.54 bits per heavy atom. The summed E-state index contributed by atoms with van der Waals surface area (Å²) in [6, 6.07) is 12.2. The normalized spacial score (nSPS) is 23.6. The molecule has 1 aliphatic carbocycles. The number of benzene rings is 2. The van der Waals surface area contributed by atoms with Gasteiger partial charge in [-0.2, -0.15) is 0 Å². The molecule has 3 amide bonds. The minimum absolute atomic E-state index is 0.140. The number of alkyl halides is 2. The molecule has 2 aliphatic rings. The number of hydrogen-bond acceptors (Lipinski definition) is 6. The van der Waals surface area contributed by atoms with E-state index in [0.717, 1.165) is 4.90 Å². The van der Waals surface area contributed by atoms with Gasteiger partial charge in [0.1, 0.15) is 0 Å². The van der Waals surface area contributed by atoms with Crippen molar-refractivity contribution in [3.05, 3.63) is 59.7 Å². The van der Waals surface area contributed by atoms with Crippen molar-refractivity contribution < 1.29 is 28.7 Å². The molecule has 0 spiro atoms. The van der Waals surface area contributed by atoms with Crippen LogP contribution >= 0.6 is 23.2 Å². The van der Waals surface area contributed by atoms with E-state index in [2.05, 4.69) is 5.32 Å². The zero-order valence-corrected chi connectivity index (χ0v) is 20.2. The maximum absolute atomic E-state index is 12.9. The number of fused-ring (bicyclic) bond motifs is 1. The number of nitrogens with zero attached hydrogens (tertiary/aromatic N) is 1. The quantitative estimate of drug-likeness (QED) is 0.270. The molecule has 1 saturated carbocycles. The van der Waals surface area contributed by atoms with Gasteiger partial charge >= 0.3 is 5.97 Å². The Morgan fingerprint density at radius 3 is 2.11 bits per heavy atom. The molecular formula is C25H22Cl2N2O6. The number of amides is 3. The number of carbonyl (C=O) groups excluding carboxylic acids is 5. The fourth-order valence-electron chi connectivity index (χ4n) is 4.32. The number of ether oxygens (including phenoxy) is 1. The molecule has 4 atom stereocenters. The molecule has 1 heterocycles. The van der Waals surface area contributed by atoms with E-state index in [1.807, 2.05) is 0 Å². The maximum atomic E-state index is 12.9. The van der Waals surface area contributed by atoms with E-state index >= 15 is 0 Å². The van der Waals surface area contributed by atoms with Crippen LogP contribution in [0.15, 0.2) is 48.5 Å². The average molecular weight is 517 g/mol. The van der Waals surface area contributed by atoms with Gasteiger partial charge in [0.05, 0.1) is 33.8 Å². The van der Waals surface area contributed by atoms with Crippen LogP contribution in [0.1, 0.15) is 40.5 Å². The fraction of sp³-hybridized carbons (Fsp3) is 0.320. The van der Waals surface area contributed by atoms with Crippen molar-refractivity contribution in [2.75, 3.05) is 16.8 Å². The van der Waals surface area contributed by atoms with Gasteiger partial charge < -0.3 is 10.1 Å². The van der Waals surface area contributed by atoms with Gasteiger partial charge in [-0.05, 0) is 56.2 Å². The van der Waals surface area contributed by atoms with E-state index in [0.29, 0.717) is 29.8 Å². The van der Waals surface area contributed by atoms with Crippen molar-refractivity contribution in [1.82, 2.24) is 0 Å². The molecule has 0 unspecified atom stereocenters. The lowest BCUT2D eigenvalue weighted by Gasteiger charge is -2.28. The van der Waals surface area contributed by atoms with Gasteiger partial charge in [0.25, 0.3) is 5.91 Å². The predicted molar refractivity (Wildman–Crippen MR) is 130 cm³/mol. The first-order chi connectivity index (χ1) is 16.7. The van der Waals surface area contributed by atoms with E-state index in [1.165, 1.54) is 37.3 Å². The Balaban J connectivity index is 1.36. The van der Waals surface area contributed by atoms with Crippen LogP contribution in [0.3, 0.4) is 0 Å². The zero-order chi connectivity index (χ0) is 25.3. The summed E-state index contributed by atoms with van der Waals surface area (Å²) in [5, 5.41) is 1.82. The van der Waals surface area contributed by atoms with Crippen molar-refractivity contribution in [1.29, 1.82) is 0 Å². The predicted octanol–water partition coefficient (Wildman–Crippen LogP) is 3.80. The van der Waals surface area contributed by atoms with Gasteiger partial charge in [0, 0.05) is 11.3 Å². The first-order valence-corrected chi connectivity index (χ1v) is 11.9. The number of carbonyl (C=O) groups is 5. The van der Waals surface area contributed by atoms with Crippen LogP contribution in [0.2, 0.25) is 0 Å². The summed E-state index contributed by atoms with van der Waals surface area (Å²) in [4.78, 5) is 62.8. The number of nitrogens with one attached hydrogen (secondary N) is 1. The Bertz CT molecular complexity index is 1170. The van der Waals surface area contributed by atoms with E-state index in [9.17, 15) is 24.0 Å². The van der Waals surface area contributed by atoms with Crippen LogP contribution < -0.4 is 10.2 Å². The molecule has 0 radical (unpaired) electrons. The molecule has 2 aromatic rings. The second kappa shape index (κ2) is 10.2. The summed E-state index contributed by atoms with van der Waals surface area (Å²) >= 11 is 12.4. The topological polar surface area (TPSA) is 110 Å². The van der Waals surface area contributed by atoms with Gasteiger partial charge in [-0.15, -0.1) is 23.2 Å². The van der Waals surface area contributed by atoms with Crippen molar-refractivity contribution >= 4 is 64.1 Å². The minimum Gasteiger partial charge on any atom is -0.452 e. The Kier molecular flexibility index (Phi) is 7.23. The average Bonchev–Trinajstić information content (AvgIpc) is 3.07. The van der Waals surface area contributed by atoms with Crippen LogP contribution in [-0.2, 0) is 19.1 Å². The summed E-state index contributed by atoms with van der Waals surface area (Å²) < 4.78 is 5.05. The lowest BCUT2D eigenvalue weighted by atomic mass is 9.80. The molecule has 2 aromatic carbocycles. The third-order valence-corrected chi connectivity index (χ3v) is 7.25. The van der Waals surface area contributed by atoms with Crippen LogP contribution in [-0.4, -0.2) is 46.8 Å². The van der Waals surface area contributed by atoms with Gasteiger partial charge in [-0.1, -0.05) is 12.1 Å². The molecule has 0 bridgehead atoms. The zero-order valence-electron chi connectivity index (χ0n) is 18.7. The molecule has 35 heavy (non-hydrogen) atoms. The smallest absolute Gasteiger partial charge is 0.338 e. The van der Waals surface area contributed by atoms with Crippen LogP contribution in [0.5, 0.6) is 0 Å². The van der Waals surface area contributed by atoms with Crippen molar-refractivity contribution in [2.45, 2.75) is 30.5 Å². The summed E-state index contributed by atoms with van der Waals surface area (Å²) in [5.41, 5.74) is 1.34. The molecule has 10 heteroatoms. The standard InChI is InChI=1S/C25H22Cl2N2O6/c1-13(30)15-3-2-4-16(9-15)28-22(31)12-35-25(34)14-5-7-17(8-6-14)29-23(32)18-10-20(26)21(27)11-19(18)24(29)33/h2-9,18-21H,10-12H2,1H3,(H,28,31)/t18-,19-,20-,21+/m1/s1. The number of esters is 1. The number of Topliss-reactive ketones (excluding diaryl/α,β-unsaturated/α-hetero) is 1. The molecule has 0 aromatic heterocycles. The molecule has 1 aliphatic heterocycles. The number of anilines is 2. The number of imide groups is 1. The van der Waals surface area contributed by atoms with Gasteiger partial charge in [-0.25, -0.2) is 4.79 Å². The highest BCUT2D eigenvalue weighted by molar-refractivity contribution is 6.31. The van der Waals surface area contributed by atoms with Crippen LogP contribution in [0.4, 0.5) is 11.4 Å². The van der Waals surface area contributed by atoms with E-state index in [-0.39, 0.29) is 33.9 Å². The Labute approximate surface area is 211 Å². The van der Waals surface area contributed by atoms with Crippen molar-refractivity contribution in [3.63, 3.8) is 0 Å². The number of hydrogen-bond donors (Lipinski definition) is 1. The third-order valence-electron chi connectivity index (χ3n) is 6.16. The van der Waals surface area contributed by atoms with Gasteiger partial charge in [0.2, 0.25) is 11.8 Å². The molecule has 182 valence electrons. The number of ketones is 1. The van der Waals surface area contributed by atoms with Gasteiger partial charge in [-0.3, -0.25) is 24.1 Å². The molecular weight excluding hydrogens is 495 g/mol. The van der Waals surface area contributed by atoms with E-state index < -0.39 is 30.3 Å². The largest absolute Gasteiger partial charge is 0.452 e. The molecule has 2 fully saturated rings. The molecule has 1 saturated heterocycles. The summed E-state index contributed by atoms with van der Waals surface area (Å²) in [7, 11) is 0. The highest BCUT2D eigenvalue weighted by Crippen LogP contribution is 2.43. The van der Waals surface area contributed by atoms with Crippen LogP contribution in [0.25, 0.3) is 0 Å². The summed E-state index contributed by atoms with van der Waals surface area (Å²) in [6.07, 6.45) is 0.681. The second-order valence-corrected chi connectivity index (χ2v) is 9.66. The second-order valence-electron chi connectivity index (χ2n) is 8.54. The maximum Gasteiger partial charge on any atom is 0.338 e. The SMILES string of the molecule is CC(=O)c1cccc(NC(=O)COC(=O)c2ccc(N3C(=O)[C@@H]4C[C@@H](Cl)[C@@H](Cl)C[C@H]4C3=O)cc2)c1. The van der Waals surface area contributed by atoms with Gasteiger partial charge in [0.15, 0.2) is 12.4 Å². The summed E-state index contributed by atoms with van der Waals surface area (Å²) in [6.45, 7) is 0.886. The Hall–Kier alpha value is -3.23. The molecule has 4 rings (SSSR count). The number of halogens is 2. The first-order valence-electron chi connectivity index (χ1n) is 11.0. The number of rotatable bonds is 6. The highest BCUT2D eigenvalue weighted by atomic mass is 35.5. The highest BCUT2D eigenvalue weighted by Gasteiger charge is 2.52. The van der Waals surface area contributed by atoms with Crippen molar-refractivity contribution in [3.8, 4) is 0 Å². The Morgan fingerprint density at radius 1 is 0.943 bits per heavy atom. The lowest BCUT2D eigenvalue weighted by Crippen LogP contribution is -2.34. The molecule has 1 N–H and O–H groups in total.